The lowest BCUT2D eigenvalue weighted by Gasteiger charge is -2.31. The number of carbonyl (C=O) groups is 2. The van der Waals surface area contributed by atoms with Crippen molar-refractivity contribution in [2.75, 3.05) is 13.1 Å². The molecule has 43 heavy (non-hydrogen) atoms. The molecule has 1 aromatic heterocycles. The van der Waals surface area contributed by atoms with E-state index in [1.165, 1.54) is 18.4 Å². The summed E-state index contributed by atoms with van der Waals surface area (Å²) < 4.78 is 35.3. The first-order valence-corrected chi connectivity index (χ1v) is 16.1. The molecule has 1 heterocycles. The second-order valence-corrected chi connectivity index (χ2v) is 13.5. The van der Waals surface area contributed by atoms with Crippen molar-refractivity contribution in [2.45, 2.75) is 58.1 Å². The predicted octanol–water partition coefficient (Wildman–Crippen LogP) is 5.84. The highest BCUT2D eigenvalue weighted by Crippen LogP contribution is 2.22. The van der Waals surface area contributed by atoms with E-state index in [0.29, 0.717) is 37.1 Å². The van der Waals surface area contributed by atoms with Crippen LogP contribution in [-0.2, 0) is 32.7 Å². The lowest BCUT2D eigenvalue weighted by Crippen LogP contribution is -2.52. The fraction of sp³-hybridized carbons (Fsp3) is 0.353. The number of nitrogens with zero attached hydrogens (tertiary/aromatic N) is 2. The van der Waals surface area contributed by atoms with Gasteiger partial charge < -0.3 is 14.2 Å². The molecule has 0 spiro atoms. The molecule has 4 rings (SSSR count). The van der Waals surface area contributed by atoms with Gasteiger partial charge in [0.25, 0.3) is 0 Å². The van der Waals surface area contributed by atoms with Crippen LogP contribution in [0.1, 0.15) is 45.2 Å². The molecule has 0 unspecified atom stereocenters. The van der Waals surface area contributed by atoms with Gasteiger partial charge in [0.2, 0.25) is 21.8 Å². The van der Waals surface area contributed by atoms with Crippen molar-refractivity contribution in [3.05, 3.63) is 102 Å². The lowest BCUT2D eigenvalue weighted by atomic mass is 10.1. The Morgan fingerprint density at radius 2 is 1.33 bits per heavy atom. The highest BCUT2D eigenvalue weighted by molar-refractivity contribution is 7.89. The molecule has 0 aliphatic rings. The van der Waals surface area contributed by atoms with Crippen LogP contribution in [0, 0.1) is 11.8 Å². The summed E-state index contributed by atoms with van der Waals surface area (Å²) in [5, 5.41) is 0.625. The number of hydrogen-bond acceptors (Lipinski definition) is 5. The van der Waals surface area contributed by atoms with E-state index in [2.05, 4.69) is 4.72 Å². The zero-order chi connectivity index (χ0) is 31.0. The van der Waals surface area contributed by atoms with Gasteiger partial charge in [-0.1, -0.05) is 88.4 Å². The van der Waals surface area contributed by atoms with Crippen molar-refractivity contribution in [2.24, 2.45) is 11.8 Å². The molecular weight excluding hydrogens is 562 g/mol. The fourth-order valence-corrected chi connectivity index (χ4v) is 6.27. The Kier molecular flexibility index (Phi) is 10.8. The van der Waals surface area contributed by atoms with Crippen LogP contribution >= 0.6 is 0 Å². The van der Waals surface area contributed by atoms with Crippen LogP contribution in [0.25, 0.3) is 11.0 Å². The van der Waals surface area contributed by atoms with Crippen molar-refractivity contribution >= 4 is 32.8 Å². The van der Waals surface area contributed by atoms with E-state index in [-0.39, 0.29) is 29.1 Å². The topological polar surface area (TPSA) is 99.9 Å². The lowest BCUT2D eigenvalue weighted by molar-refractivity contribution is -0.140. The SMILES string of the molecule is CC(C)CN(CC(C)C)C(=O)[C@H](CC(=O)N(Cc1ccccc1)Cc1ccccc1)NS(=O)(=O)c1ccc2occc2c1. The van der Waals surface area contributed by atoms with Crippen LogP contribution in [0.5, 0.6) is 0 Å². The maximum Gasteiger partial charge on any atom is 0.241 e. The summed E-state index contributed by atoms with van der Waals surface area (Å²) in [7, 11) is -4.16. The quantitative estimate of drug-likeness (QED) is 0.195. The van der Waals surface area contributed by atoms with Gasteiger partial charge in [0.15, 0.2) is 0 Å². The number of furan rings is 1. The second kappa shape index (κ2) is 14.5. The largest absolute Gasteiger partial charge is 0.464 e. The minimum atomic E-state index is -4.16. The van der Waals surface area contributed by atoms with Crippen LogP contribution in [0.3, 0.4) is 0 Å². The third-order valence-corrected chi connectivity index (χ3v) is 8.45. The first-order chi connectivity index (χ1) is 20.5. The molecule has 0 saturated carbocycles. The average molecular weight is 604 g/mol. The van der Waals surface area contributed by atoms with E-state index < -0.39 is 22.0 Å². The Hall–Kier alpha value is -3.95. The normalized spacial score (nSPS) is 12.5. The number of sulfonamides is 1. The minimum absolute atomic E-state index is 0.00338. The number of rotatable bonds is 14. The number of benzene rings is 3. The number of nitrogens with one attached hydrogen (secondary N) is 1. The van der Waals surface area contributed by atoms with Crippen LogP contribution < -0.4 is 4.72 Å². The molecule has 1 atom stereocenters. The van der Waals surface area contributed by atoms with Crippen LogP contribution in [0.2, 0.25) is 0 Å². The molecule has 4 aromatic rings. The van der Waals surface area contributed by atoms with E-state index in [1.54, 1.807) is 21.9 Å². The molecule has 0 aliphatic heterocycles. The number of fused-ring (bicyclic) bond motifs is 1. The minimum Gasteiger partial charge on any atom is -0.464 e. The Bertz CT molecular complexity index is 1550. The summed E-state index contributed by atoms with van der Waals surface area (Å²) in [5.41, 5.74) is 2.43. The van der Waals surface area contributed by atoms with E-state index in [0.717, 1.165) is 11.1 Å². The number of amides is 2. The van der Waals surface area contributed by atoms with E-state index >= 15 is 0 Å². The van der Waals surface area contributed by atoms with Crippen LogP contribution in [0.15, 0.2) is 101 Å². The van der Waals surface area contributed by atoms with Gasteiger partial charge in [-0.25, -0.2) is 8.42 Å². The maximum atomic E-state index is 14.1. The van der Waals surface area contributed by atoms with Crippen molar-refractivity contribution < 1.29 is 22.4 Å². The van der Waals surface area contributed by atoms with Gasteiger partial charge in [0, 0.05) is 31.6 Å². The third-order valence-electron chi connectivity index (χ3n) is 6.98. The van der Waals surface area contributed by atoms with Gasteiger partial charge in [0.1, 0.15) is 11.6 Å². The Morgan fingerprint density at radius 3 is 1.86 bits per heavy atom. The Balaban J connectivity index is 1.67. The van der Waals surface area contributed by atoms with E-state index in [4.69, 9.17) is 4.42 Å². The Labute approximate surface area is 254 Å². The van der Waals surface area contributed by atoms with Crippen LogP contribution in [-0.4, -0.2) is 49.2 Å². The Morgan fingerprint density at radius 1 is 0.767 bits per heavy atom. The van der Waals surface area contributed by atoms with Crippen molar-refractivity contribution in [3.8, 4) is 0 Å². The fourth-order valence-electron chi connectivity index (χ4n) is 5.05. The summed E-state index contributed by atoms with van der Waals surface area (Å²) in [6.45, 7) is 9.56. The average Bonchev–Trinajstić information content (AvgIpc) is 3.44. The first kappa shape index (κ1) is 32.0. The molecule has 0 fully saturated rings. The molecule has 0 aliphatic carbocycles. The molecule has 0 saturated heterocycles. The standard InChI is InChI=1S/C34H41N3O5S/c1-25(2)21-37(22-26(3)4)34(39)31(35-43(40,41)30-15-16-32-29(19-30)17-18-42-32)20-33(38)36(23-27-11-7-5-8-12-27)24-28-13-9-6-10-14-28/h5-19,25-26,31,35H,20-24H2,1-4H3/t31-/m0/s1. The summed E-state index contributed by atoms with van der Waals surface area (Å²) in [6, 6.07) is 24.1. The van der Waals surface area contributed by atoms with Crippen LogP contribution in [0.4, 0.5) is 0 Å². The van der Waals surface area contributed by atoms with E-state index in [1.807, 2.05) is 88.4 Å². The van der Waals surface area contributed by atoms with Crippen molar-refractivity contribution in [3.63, 3.8) is 0 Å². The van der Waals surface area contributed by atoms with Gasteiger partial charge in [-0.05, 0) is 47.2 Å². The van der Waals surface area contributed by atoms with Crippen molar-refractivity contribution in [1.29, 1.82) is 0 Å². The highest BCUT2D eigenvalue weighted by atomic mass is 32.2. The zero-order valence-corrected chi connectivity index (χ0v) is 26.1. The molecule has 0 bridgehead atoms. The van der Waals surface area contributed by atoms with Gasteiger partial charge in [0.05, 0.1) is 17.6 Å². The predicted molar refractivity (Wildman–Crippen MR) is 168 cm³/mol. The summed E-state index contributed by atoms with van der Waals surface area (Å²) in [5.74, 6) is -0.421. The molecule has 8 nitrogen and oxygen atoms in total. The maximum absolute atomic E-state index is 14.1. The molecule has 0 radical (unpaired) electrons. The summed E-state index contributed by atoms with van der Waals surface area (Å²) in [4.78, 5) is 31.4. The smallest absolute Gasteiger partial charge is 0.241 e. The van der Waals surface area contributed by atoms with Gasteiger partial charge in [-0.2, -0.15) is 4.72 Å². The summed E-state index contributed by atoms with van der Waals surface area (Å²) in [6.07, 6.45) is 1.17. The summed E-state index contributed by atoms with van der Waals surface area (Å²) >= 11 is 0. The van der Waals surface area contributed by atoms with Gasteiger partial charge >= 0.3 is 0 Å². The molecule has 9 heteroatoms. The third kappa shape index (κ3) is 9.02. The molecule has 3 aromatic carbocycles. The first-order valence-electron chi connectivity index (χ1n) is 14.7. The number of hydrogen-bond donors (Lipinski definition) is 1. The number of carbonyl (C=O) groups excluding carboxylic acids is 2. The molecular formula is C34H41N3O5S. The van der Waals surface area contributed by atoms with Crippen molar-refractivity contribution in [1.82, 2.24) is 14.5 Å². The molecule has 2 amide bonds. The monoisotopic (exact) mass is 603 g/mol. The highest BCUT2D eigenvalue weighted by Gasteiger charge is 2.33. The van der Waals surface area contributed by atoms with E-state index in [9.17, 15) is 18.0 Å². The molecule has 1 N–H and O–H groups in total. The zero-order valence-electron chi connectivity index (χ0n) is 25.3. The second-order valence-electron chi connectivity index (χ2n) is 11.8. The van der Waals surface area contributed by atoms with Gasteiger partial charge in [-0.3, -0.25) is 9.59 Å². The molecule has 228 valence electrons. The van der Waals surface area contributed by atoms with Gasteiger partial charge in [-0.15, -0.1) is 0 Å².